The summed E-state index contributed by atoms with van der Waals surface area (Å²) in [4.78, 5) is 19.8. The van der Waals surface area contributed by atoms with Gasteiger partial charge in [-0.1, -0.05) is 37.3 Å². The number of aryl methyl sites for hydroxylation is 1. The second-order valence-corrected chi connectivity index (χ2v) is 9.25. The molecule has 0 bridgehead atoms. The van der Waals surface area contributed by atoms with Gasteiger partial charge in [-0.15, -0.1) is 0 Å². The highest BCUT2D eigenvalue weighted by Crippen LogP contribution is 2.28. The van der Waals surface area contributed by atoms with E-state index in [2.05, 4.69) is 52.2 Å². The molecule has 0 fully saturated rings. The molecule has 1 N–H and O–H groups in total. The van der Waals surface area contributed by atoms with E-state index < -0.39 is 0 Å². The van der Waals surface area contributed by atoms with Crippen molar-refractivity contribution in [3.05, 3.63) is 82.4 Å². The molecular weight excluding hydrogens is 410 g/mol. The molecule has 6 nitrogen and oxygen atoms in total. The summed E-state index contributed by atoms with van der Waals surface area (Å²) in [6.07, 6.45) is 9.58. The maximum atomic E-state index is 13.6. The Balaban J connectivity index is 1.31. The maximum Gasteiger partial charge on any atom is 0.274 e. The van der Waals surface area contributed by atoms with E-state index in [4.69, 9.17) is 5.10 Å². The summed E-state index contributed by atoms with van der Waals surface area (Å²) in [7, 11) is 0. The highest BCUT2D eigenvalue weighted by Gasteiger charge is 2.32. The SMILES string of the molecule is CCCn1nc(C(=O)N2CCc3ccccc3C2)c2c1CCC(NCCc1cccnc1)C2. The number of aromatic nitrogens is 3. The monoisotopic (exact) mass is 443 g/mol. The van der Waals surface area contributed by atoms with E-state index in [1.54, 1.807) is 0 Å². The van der Waals surface area contributed by atoms with Crippen LogP contribution in [0.4, 0.5) is 0 Å². The normalized spacial score (nSPS) is 17.5. The van der Waals surface area contributed by atoms with Crippen LogP contribution in [0.15, 0.2) is 48.8 Å². The summed E-state index contributed by atoms with van der Waals surface area (Å²) in [6, 6.07) is 12.9. The van der Waals surface area contributed by atoms with E-state index in [0.29, 0.717) is 18.3 Å². The molecule has 2 aliphatic rings. The number of pyridine rings is 1. The Labute approximate surface area is 196 Å². The van der Waals surface area contributed by atoms with Gasteiger partial charge in [-0.2, -0.15) is 5.10 Å². The van der Waals surface area contributed by atoms with E-state index in [-0.39, 0.29) is 5.91 Å². The van der Waals surface area contributed by atoms with Gasteiger partial charge in [-0.3, -0.25) is 14.5 Å². The van der Waals surface area contributed by atoms with Gasteiger partial charge < -0.3 is 10.2 Å². The zero-order valence-corrected chi connectivity index (χ0v) is 19.5. The number of hydrogen-bond donors (Lipinski definition) is 1. The van der Waals surface area contributed by atoms with Crippen molar-refractivity contribution in [1.29, 1.82) is 0 Å². The van der Waals surface area contributed by atoms with Crippen LogP contribution < -0.4 is 5.32 Å². The molecule has 0 saturated carbocycles. The first-order valence-corrected chi connectivity index (χ1v) is 12.3. The second-order valence-electron chi connectivity index (χ2n) is 9.25. The Morgan fingerprint density at radius 2 is 2.03 bits per heavy atom. The number of carbonyl (C=O) groups is 1. The van der Waals surface area contributed by atoms with Crippen molar-refractivity contribution >= 4 is 5.91 Å². The molecule has 1 unspecified atom stereocenters. The molecule has 1 aliphatic carbocycles. The minimum absolute atomic E-state index is 0.0895. The van der Waals surface area contributed by atoms with Crippen LogP contribution in [0.5, 0.6) is 0 Å². The average Bonchev–Trinajstić information content (AvgIpc) is 3.22. The summed E-state index contributed by atoms with van der Waals surface area (Å²) in [5.41, 5.74) is 6.97. The van der Waals surface area contributed by atoms with Crippen LogP contribution in [0.3, 0.4) is 0 Å². The van der Waals surface area contributed by atoms with Gasteiger partial charge in [-0.05, 0) is 67.8 Å². The van der Waals surface area contributed by atoms with Crippen molar-refractivity contribution in [3.8, 4) is 0 Å². The van der Waals surface area contributed by atoms with Crippen LogP contribution in [0.25, 0.3) is 0 Å². The lowest BCUT2D eigenvalue weighted by Crippen LogP contribution is -2.38. The van der Waals surface area contributed by atoms with Crippen molar-refractivity contribution in [2.75, 3.05) is 13.1 Å². The van der Waals surface area contributed by atoms with Crippen LogP contribution in [-0.2, 0) is 38.8 Å². The van der Waals surface area contributed by atoms with Crippen LogP contribution >= 0.6 is 0 Å². The highest BCUT2D eigenvalue weighted by atomic mass is 16.2. The molecule has 2 aromatic heterocycles. The maximum absolute atomic E-state index is 13.6. The molecular formula is C27H33N5O. The lowest BCUT2D eigenvalue weighted by molar-refractivity contribution is 0.0726. The van der Waals surface area contributed by atoms with Crippen molar-refractivity contribution in [2.24, 2.45) is 0 Å². The Kier molecular flexibility index (Phi) is 6.53. The number of fused-ring (bicyclic) bond motifs is 2. The van der Waals surface area contributed by atoms with Gasteiger partial charge >= 0.3 is 0 Å². The number of carbonyl (C=O) groups excluding carboxylic acids is 1. The molecule has 1 amide bonds. The van der Waals surface area contributed by atoms with Crippen LogP contribution in [0.1, 0.15) is 58.2 Å². The Morgan fingerprint density at radius 1 is 1.15 bits per heavy atom. The lowest BCUT2D eigenvalue weighted by Gasteiger charge is -2.29. The first-order chi connectivity index (χ1) is 16.2. The van der Waals surface area contributed by atoms with Crippen LogP contribution in [-0.4, -0.2) is 44.7 Å². The summed E-state index contributed by atoms with van der Waals surface area (Å²) >= 11 is 0. The van der Waals surface area contributed by atoms with Gasteiger partial charge in [0, 0.05) is 49.3 Å². The number of rotatable bonds is 7. The summed E-state index contributed by atoms with van der Waals surface area (Å²) in [6.45, 7) is 5.40. The first-order valence-electron chi connectivity index (χ1n) is 12.3. The highest BCUT2D eigenvalue weighted by molar-refractivity contribution is 5.94. The molecule has 1 aliphatic heterocycles. The van der Waals surface area contributed by atoms with Crippen molar-refractivity contribution in [2.45, 2.75) is 64.6 Å². The third-order valence-electron chi connectivity index (χ3n) is 6.97. The third kappa shape index (κ3) is 4.71. The number of amides is 1. The third-order valence-corrected chi connectivity index (χ3v) is 6.97. The quantitative estimate of drug-likeness (QED) is 0.606. The molecule has 0 saturated heterocycles. The molecule has 0 radical (unpaired) electrons. The molecule has 1 atom stereocenters. The number of benzene rings is 1. The largest absolute Gasteiger partial charge is 0.333 e. The van der Waals surface area contributed by atoms with E-state index >= 15 is 0 Å². The lowest BCUT2D eigenvalue weighted by atomic mass is 9.90. The fraction of sp³-hybridized carbons (Fsp3) is 0.444. The summed E-state index contributed by atoms with van der Waals surface area (Å²) in [5.74, 6) is 0.0895. The number of hydrogen-bond acceptors (Lipinski definition) is 4. The summed E-state index contributed by atoms with van der Waals surface area (Å²) in [5, 5.41) is 8.59. The van der Waals surface area contributed by atoms with Gasteiger partial charge in [0.1, 0.15) is 0 Å². The van der Waals surface area contributed by atoms with E-state index in [1.165, 1.54) is 22.4 Å². The number of nitrogens with zero attached hydrogens (tertiary/aromatic N) is 4. The predicted octanol–water partition coefficient (Wildman–Crippen LogP) is 3.58. The van der Waals surface area contributed by atoms with Gasteiger partial charge in [0.2, 0.25) is 0 Å². The average molecular weight is 444 g/mol. The van der Waals surface area contributed by atoms with Crippen molar-refractivity contribution in [1.82, 2.24) is 25.0 Å². The zero-order valence-electron chi connectivity index (χ0n) is 19.5. The smallest absolute Gasteiger partial charge is 0.274 e. The number of nitrogens with one attached hydrogen (secondary N) is 1. The summed E-state index contributed by atoms with van der Waals surface area (Å²) < 4.78 is 2.10. The molecule has 1 aromatic carbocycles. The van der Waals surface area contributed by atoms with Gasteiger partial charge in [0.05, 0.1) is 0 Å². The predicted molar refractivity (Wildman–Crippen MR) is 129 cm³/mol. The van der Waals surface area contributed by atoms with Crippen molar-refractivity contribution in [3.63, 3.8) is 0 Å². The first kappa shape index (κ1) is 21.8. The fourth-order valence-electron chi connectivity index (χ4n) is 5.22. The topological polar surface area (TPSA) is 63.1 Å². The van der Waals surface area contributed by atoms with Gasteiger partial charge in [0.15, 0.2) is 5.69 Å². The van der Waals surface area contributed by atoms with Crippen LogP contribution in [0.2, 0.25) is 0 Å². The van der Waals surface area contributed by atoms with E-state index in [1.807, 2.05) is 23.4 Å². The molecule has 172 valence electrons. The molecule has 3 heterocycles. The fourth-order valence-corrected chi connectivity index (χ4v) is 5.22. The van der Waals surface area contributed by atoms with E-state index in [0.717, 1.165) is 63.7 Å². The Hall–Kier alpha value is -2.99. The molecule has 5 rings (SSSR count). The Bertz CT molecular complexity index is 1110. The van der Waals surface area contributed by atoms with E-state index in [9.17, 15) is 4.79 Å². The molecule has 3 aromatic rings. The molecule has 33 heavy (non-hydrogen) atoms. The molecule has 0 spiro atoms. The second kappa shape index (κ2) is 9.87. The zero-order chi connectivity index (χ0) is 22.6. The van der Waals surface area contributed by atoms with Gasteiger partial charge in [-0.25, -0.2) is 0 Å². The van der Waals surface area contributed by atoms with Gasteiger partial charge in [0.25, 0.3) is 5.91 Å². The standard InChI is InChI=1S/C27H33N5O/c1-2-15-32-25-10-9-23(29-14-11-20-6-5-13-28-18-20)17-24(25)26(30-32)27(33)31-16-12-21-7-3-4-8-22(21)19-31/h3-8,13,18,23,29H,2,9-12,14-17,19H2,1H3. The molecule has 6 heteroatoms. The Morgan fingerprint density at radius 3 is 2.85 bits per heavy atom. The van der Waals surface area contributed by atoms with Crippen molar-refractivity contribution < 1.29 is 4.79 Å². The minimum atomic E-state index is 0.0895. The minimum Gasteiger partial charge on any atom is -0.333 e. The van der Waals surface area contributed by atoms with Crippen LogP contribution in [0, 0.1) is 0 Å².